The number of benzene rings is 2. The molecule has 0 aliphatic carbocycles. The quantitative estimate of drug-likeness (QED) is 0.262. The molecule has 2 aromatic carbocycles. The summed E-state index contributed by atoms with van der Waals surface area (Å²) in [4.78, 5) is 36.1. The van der Waals surface area contributed by atoms with Crippen molar-refractivity contribution >= 4 is 23.3 Å². The number of alkyl halides is 3. The highest BCUT2D eigenvalue weighted by atomic mass is 32.1. The number of amides is 2. The number of carbonyl (C=O) groups is 2. The Morgan fingerprint density at radius 1 is 1.02 bits per heavy atom. The van der Waals surface area contributed by atoms with Gasteiger partial charge in [-0.05, 0) is 45.7 Å². The zero-order valence-corrected chi connectivity index (χ0v) is 24.6. The first kappa shape index (κ1) is 30.2. The predicted molar refractivity (Wildman–Crippen MR) is 153 cm³/mol. The fourth-order valence-corrected chi connectivity index (χ4v) is 5.87. The molecule has 1 aliphatic heterocycles. The van der Waals surface area contributed by atoms with E-state index in [0.29, 0.717) is 25.9 Å². The highest BCUT2D eigenvalue weighted by Crippen LogP contribution is 2.39. The number of hydrogen-bond donors (Lipinski definition) is 1. The van der Waals surface area contributed by atoms with Crippen LogP contribution in [0.3, 0.4) is 0 Å². The van der Waals surface area contributed by atoms with Crippen LogP contribution in [0.15, 0.2) is 64.5 Å². The number of hydrogen-bond acceptors (Lipinski definition) is 8. The molecule has 0 saturated carbocycles. The van der Waals surface area contributed by atoms with E-state index < -0.39 is 29.0 Å². The van der Waals surface area contributed by atoms with Crippen LogP contribution < -0.4 is 5.32 Å². The zero-order chi connectivity index (χ0) is 30.8. The van der Waals surface area contributed by atoms with Crippen molar-refractivity contribution in [2.24, 2.45) is 0 Å². The third-order valence-electron chi connectivity index (χ3n) is 7.04. The number of ether oxygens (including phenoxy) is 1. The van der Waals surface area contributed by atoms with Gasteiger partial charge in [0.1, 0.15) is 10.6 Å². The Hall–Kier alpha value is -4.26. The fourth-order valence-electron chi connectivity index (χ4n) is 4.78. The molecule has 1 aliphatic rings. The normalized spacial score (nSPS) is 15.3. The maximum atomic E-state index is 13.3. The van der Waals surface area contributed by atoms with Crippen molar-refractivity contribution in [1.82, 2.24) is 25.3 Å². The summed E-state index contributed by atoms with van der Waals surface area (Å²) in [6, 6.07) is 15.8. The lowest BCUT2D eigenvalue weighted by atomic mass is 9.78. The van der Waals surface area contributed by atoms with E-state index in [2.05, 4.69) is 20.0 Å². The number of halogens is 3. The van der Waals surface area contributed by atoms with Crippen LogP contribution in [0.4, 0.5) is 18.0 Å². The molecular formula is C30H30F3N5O4S. The second-order valence-corrected chi connectivity index (χ2v) is 12.2. The summed E-state index contributed by atoms with van der Waals surface area (Å²) in [5.41, 5.74) is 1.05. The first-order valence-electron chi connectivity index (χ1n) is 13.6. The smallest absolute Gasteiger partial charge is 0.444 e. The van der Waals surface area contributed by atoms with E-state index in [9.17, 15) is 22.8 Å². The lowest BCUT2D eigenvalue weighted by molar-refractivity contribution is -0.159. The van der Waals surface area contributed by atoms with E-state index in [0.717, 1.165) is 16.3 Å². The number of aromatic nitrogens is 3. The van der Waals surface area contributed by atoms with Gasteiger partial charge in [0.25, 0.3) is 5.91 Å². The van der Waals surface area contributed by atoms with Gasteiger partial charge in [0.15, 0.2) is 0 Å². The molecule has 2 aromatic heterocycles. The predicted octanol–water partition coefficient (Wildman–Crippen LogP) is 6.58. The van der Waals surface area contributed by atoms with Crippen molar-refractivity contribution in [2.45, 2.75) is 50.8 Å². The minimum absolute atomic E-state index is 0.208. The van der Waals surface area contributed by atoms with Gasteiger partial charge in [0, 0.05) is 47.1 Å². The number of nitrogens with zero attached hydrogens (tertiary/aromatic N) is 4. The van der Waals surface area contributed by atoms with Gasteiger partial charge in [0.2, 0.25) is 5.82 Å². The Morgan fingerprint density at radius 2 is 1.72 bits per heavy atom. The summed E-state index contributed by atoms with van der Waals surface area (Å²) in [5, 5.41) is 9.23. The van der Waals surface area contributed by atoms with E-state index in [1.807, 2.05) is 56.5 Å². The third-order valence-corrected chi connectivity index (χ3v) is 8.13. The number of nitrogens with one attached hydrogen (secondary N) is 1. The van der Waals surface area contributed by atoms with Gasteiger partial charge in [-0.3, -0.25) is 4.79 Å². The van der Waals surface area contributed by atoms with Gasteiger partial charge < -0.3 is 19.5 Å². The average Bonchev–Trinajstić information content (AvgIpc) is 3.67. The highest BCUT2D eigenvalue weighted by Gasteiger charge is 2.41. The van der Waals surface area contributed by atoms with Gasteiger partial charge >= 0.3 is 18.2 Å². The summed E-state index contributed by atoms with van der Waals surface area (Å²) in [7, 11) is 0. The molecule has 1 N–H and O–H groups in total. The van der Waals surface area contributed by atoms with Crippen LogP contribution in [-0.2, 0) is 16.3 Å². The summed E-state index contributed by atoms with van der Waals surface area (Å²) in [5.74, 6) is -2.16. The molecule has 5 rings (SSSR count). The van der Waals surface area contributed by atoms with Gasteiger partial charge in [-0.2, -0.15) is 18.2 Å². The SMILES string of the molecule is CC(C)(C)OC(=O)N1CCC(CNC(=O)c2cccc(-c3noc(C(F)(F)F)n3)c2)(c2nc(-c3ccccc3)cs2)CC1. The van der Waals surface area contributed by atoms with Crippen LogP contribution in [0.1, 0.15) is 54.9 Å². The highest BCUT2D eigenvalue weighted by molar-refractivity contribution is 7.10. The molecule has 0 unspecified atom stereocenters. The first-order chi connectivity index (χ1) is 20.3. The van der Waals surface area contributed by atoms with Crippen LogP contribution in [0.25, 0.3) is 22.6 Å². The van der Waals surface area contributed by atoms with Crippen molar-refractivity contribution in [3.05, 3.63) is 76.4 Å². The zero-order valence-electron chi connectivity index (χ0n) is 23.8. The van der Waals surface area contributed by atoms with Crippen LogP contribution in [0, 0.1) is 0 Å². The number of piperidine rings is 1. The van der Waals surface area contributed by atoms with Crippen LogP contribution in [0.5, 0.6) is 0 Å². The molecule has 1 saturated heterocycles. The van der Waals surface area contributed by atoms with E-state index in [1.54, 1.807) is 11.0 Å². The third kappa shape index (κ3) is 7.04. The summed E-state index contributed by atoms with van der Waals surface area (Å²) >= 11 is 1.50. The number of likely N-dealkylation sites (tertiary alicyclic amines) is 1. The van der Waals surface area contributed by atoms with Crippen molar-refractivity contribution in [1.29, 1.82) is 0 Å². The molecule has 1 fully saturated rings. The monoisotopic (exact) mass is 613 g/mol. The lowest BCUT2D eigenvalue weighted by Crippen LogP contribution is -2.51. The van der Waals surface area contributed by atoms with Crippen LogP contribution in [0.2, 0.25) is 0 Å². The first-order valence-corrected chi connectivity index (χ1v) is 14.5. The van der Waals surface area contributed by atoms with E-state index in [-0.39, 0.29) is 29.6 Å². The second kappa shape index (κ2) is 11.8. The van der Waals surface area contributed by atoms with Gasteiger partial charge in [-0.15, -0.1) is 11.3 Å². The van der Waals surface area contributed by atoms with E-state index in [4.69, 9.17) is 9.72 Å². The Morgan fingerprint density at radius 3 is 2.37 bits per heavy atom. The molecule has 13 heteroatoms. The standard InChI is InChI=1S/C30H30F3N5O4S/c1-28(2,3)41-27(40)38-14-12-29(13-15-38,26-35-22(17-43-26)19-8-5-4-6-9-19)18-34-24(39)21-11-7-10-20(16-21)23-36-25(42-37-23)30(31,32)33/h4-11,16-17H,12-15,18H2,1-3H3,(H,34,39). The average molecular weight is 614 g/mol. The summed E-state index contributed by atoms with van der Waals surface area (Å²) < 4.78 is 48.7. The second-order valence-electron chi connectivity index (χ2n) is 11.3. The minimum atomic E-state index is -4.77. The summed E-state index contributed by atoms with van der Waals surface area (Å²) in [6.45, 7) is 6.52. The van der Waals surface area contributed by atoms with Crippen molar-refractivity contribution in [3.63, 3.8) is 0 Å². The molecule has 0 spiro atoms. The Balaban J connectivity index is 1.35. The van der Waals surface area contributed by atoms with Crippen molar-refractivity contribution in [3.8, 4) is 22.6 Å². The molecule has 9 nitrogen and oxygen atoms in total. The van der Waals surface area contributed by atoms with E-state index in [1.165, 1.54) is 29.5 Å². The van der Waals surface area contributed by atoms with Crippen LogP contribution in [-0.4, -0.2) is 57.3 Å². The molecule has 0 radical (unpaired) electrons. The topological polar surface area (TPSA) is 110 Å². The van der Waals surface area contributed by atoms with Gasteiger partial charge in [-0.25, -0.2) is 9.78 Å². The molecule has 3 heterocycles. The molecule has 0 atom stereocenters. The molecule has 2 amide bonds. The summed E-state index contributed by atoms with van der Waals surface area (Å²) in [6.07, 6.45) is -4.08. The number of rotatable bonds is 6. The molecule has 226 valence electrons. The van der Waals surface area contributed by atoms with Gasteiger partial charge in [-0.1, -0.05) is 47.6 Å². The molecule has 0 bridgehead atoms. The van der Waals surface area contributed by atoms with E-state index >= 15 is 0 Å². The Labute approximate surface area is 250 Å². The number of carbonyl (C=O) groups excluding carboxylic acids is 2. The largest absolute Gasteiger partial charge is 0.471 e. The van der Waals surface area contributed by atoms with Crippen molar-refractivity contribution in [2.75, 3.05) is 19.6 Å². The lowest BCUT2D eigenvalue weighted by Gasteiger charge is -2.41. The fraction of sp³-hybridized carbons (Fsp3) is 0.367. The number of thiazole rings is 1. The van der Waals surface area contributed by atoms with Crippen molar-refractivity contribution < 1.29 is 32.0 Å². The Bertz CT molecular complexity index is 1590. The van der Waals surface area contributed by atoms with Gasteiger partial charge in [0.05, 0.1) is 5.69 Å². The van der Waals surface area contributed by atoms with Crippen LogP contribution >= 0.6 is 11.3 Å². The molecule has 4 aromatic rings. The molecular weight excluding hydrogens is 583 g/mol. The Kier molecular flexibility index (Phi) is 8.28. The minimum Gasteiger partial charge on any atom is -0.444 e. The maximum Gasteiger partial charge on any atom is 0.471 e. The molecule has 43 heavy (non-hydrogen) atoms. The maximum absolute atomic E-state index is 13.3.